The molecule has 3 heteroatoms. The van der Waals surface area contributed by atoms with Crippen LogP contribution >= 0.6 is 0 Å². The zero-order valence-corrected chi connectivity index (χ0v) is 13.0. The van der Waals surface area contributed by atoms with Gasteiger partial charge in [-0.05, 0) is 31.7 Å². The summed E-state index contributed by atoms with van der Waals surface area (Å²) in [6.07, 6.45) is 4.11. The molecule has 0 spiro atoms. The van der Waals surface area contributed by atoms with Gasteiger partial charge in [0.15, 0.2) is 0 Å². The molecule has 21 heavy (non-hydrogen) atoms. The first kappa shape index (κ1) is 13.7. The second kappa shape index (κ2) is 5.71. The molecule has 3 heterocycles. The number of hydrogen-bond donors (Lipinski definition) is 1. The van der Waals surface area contributed by atoms with Crippen LogP contribution in [0.1, 0.15) is 31.7 Å². The Balaban J connectivity index is 1.35. The van der Waals surface area contributed by atoms with Crippen LogP contribution in [0.5, 0.6) is 0 Å². The van der Waals surface area contributed by atoms with E-state index >= 15 is 0 Å². The number of nitrogens with one attached hydrogen (secondary N) is 1. The molecule has 114 valence electrons. The zero-order valence-electron chi connectivity index (χ0n) is 13.0. The van der Waals surface area contributed by atoms with Crippen molar-refractivity contribution in [3.8, 4) is 0 Å². The molecule has 3 nitrogen and oxygen atoms in total. The number of likely N-dealkylation sites (tertiary alicyclic amines) is 2. The number of rotatable bonds is 3. The number of fused-ring (bicyclic) bond motifs is 2. The van der Waals surface area contributed by atoms with Crippen molar-refractivity contribution in [2.45, 2.75) is 56.9 Å². The summed E-state index contributed by atoms with van der Waals surface area (Å²) < 4.78 is 0. The first-order valence-corrected chi connectivity index (χ1v) is 8.56. The molecule has 3 aliphatic heterocycles. The summed E-state index contributed by atoms with van der Waals surface area (Å²) in [5.41, 5.74) is 1.46. The molecule has 4 atom stereocenters. The topological polar surface area (TPSA) is 18.5 Å². The van der Waals surface area contributed by atoms with E-state index in [1.165, 1.54) is 44.5 Å². The lowest BCUT2D eigenvalue weighted by molar-refractivity contribution is 0.0722. The van der Waals surface area contributed by atoms with Gasteiger partial charge in [-0.2, -0.15) is 0 Å². The highest BCUT2D eigenvalue weighted by atomic mass is 15.4. The van der Waals surface area contributed by atoms with Gasteiger partial charge in [0.2, 0.25) is 0 Å². The van der Waals surface area contributed by atoms with Crippen molar-refractivity contribution in [3.63, 3.8) is 0 Å². The first-order valence-electron chi connectivity index (χ1n) is 8.56. The maximum Gasteiger partial charge on any atom is 0.0242 e. The highest BCUT2D eigenvalue weighted by Crippen LogP contribution is 2.34. The molecule has 4 unspecified atom stereocenters. The van der Waals surface area contributed by atoms with E-state index in [0.29, 0.717) is 0 Å². The maximum absolute atomic E-state index is 3.66. The SMILES string of the molecule is CC1CCC(N2CC3CC2CN3Cc2ccccc2)CN1. The molecule has 2 bridgehead atoms. The van der Waals surface area contributed by atoms with E-state index in [2.05, 4.69) is 52.4 Å². The van der Waals surface area contributed by atoms with Gasteiger partial charge in [-0.25, -0.2) is 0 Å². The van der Waals surface area contributed by atoms with Crippen LogP contribution in [0.25, 0.3) is 0 Å². The minimum atomic E-state index is 0.718. The van der Waals surface area contributed by atoms with Crippen LogP contribution in [0, 0.1) is 0 Å². The number of hydrogen-bond acceptors (Lipinski definition) is 3. The smallest absolute Gasteiger partial charge is 0.0242 e. The van der Waals surface area contributed by atoms with E-state index in [0.717, 1.165) is 30.7 Å². The largest absolute Gasteiger partial charge is 0.313 e. The second-order valence-electron chi connectivity index (χ2n) is 7.20. The minimum Gasteiger partial charge on any atom is -0.313 e. The lowest BCUT2D eigenvalue weighted by Crippen LogP contribution is -2.55. The second-order valence-corrected chi connectivity index (χ2v) is 7.20. The van der Waals surface area contributed by atoms with Crippen LogP contribution in [0.4, 0.5) is 0 Å². The van der Waals surface area contributed by atoms with Gasteiger partial charge >= 0.3 is 0 Å². The van der Waals surface area contributed by atoms with Gasteiger partial charge in [0, 0.05) is 50.3 Å². The summed E-state index contributed by atoms with van der Waals surface area (Å²) in [6, 6.07) is 14.0. The van der Waals surface area contributed by atoms with Gasteiger partial charge < -0.3 is 5.32 Å². The number of piperidine rings is 1. The molecular weight excluding hydrogens is 258 g/mol. The normalized spacial score (nSPS) is 37.2. The molecule has 0 aromatic heterocycles. The van der Waals surface area contributed by atoms with Gasteiger partial charge in [-0.1, -0.05) is 30.3 Å². The third-order valence-electron chi connectivity index (χ3n) is 5.73. The summed E-state index contributed by atoms with van der Waals surface area (Å²) in [5.74, 6) is 0. The lowest BCUT2D eigenvalue weighted by atomic mass is 10.00. The Morgan fingerprint density at radius 3 is 2.57 bits per heavy atom. The fraction of sp³-hybridized carbons (Fsp3) is 0.667. The van der Waals surface area contributed by atoms with E-state index in [-0.39, 0.29) is 0 Å². The average molecular weight is 285 g/mol. The molecule has 0 aliphatic carbocycles. The van der Waals surface area contributed by atoms with E-state index in [9.17, 15) is 0 Å². The van der Waals surface area contributed by atoms with E-state index in [4.69, 9.17) is 0 Å². The predicted molar refractivity (Wildman–Crippen MR) is 86.2 cm³/mol. The van der Waals surface area contributed by atoms with Crippen molar-refractivity contribution < 1.29 is 0 Å². The fourth-order valence-corrected chi connectivity index (χ4v) is 4.51. The van der Waals surface area contributed by atoms with Crippen LogP contribution in [0.2, 0.25) is 0 Å². The molecule has 0 saturated carbocycles. The Morgan fingerprint density at radius 1 is 1.05 bits per heavy atom. The van der Waals surface area contributed by atoms with Gasteiger partial charge in [-0.3, -0.25) is 9.80 Å². The van der Waals surface area contributed by atoms with Crippen molar-refractivity contribution in [1.82, 2.24) is 15.1 Å². The van der Waals surface area contributed by atoms with Gasteiger partial charge in [-0.15, -0.1) is 0 Å². The van der Waals surface area contributed by atoms with Crippen molar-refractivity contribution in [3.05, 3.63) is 35.9 Å². The van der Waals surface area contributed by atoms with Crippen molar-refractivity contribution >= 4 is 0 Å². The van der Waals surface area contributed by atoms with Crippen LogP contribution in [-0.4, -0.2) is 53.6 Å². The quantitative estimate of drug-likeness (QED) is 0.917. The van der Waals surface area contributed by atoms with Gasteiger partial charge in [0.1, 0.15) is 0 Å². The summed E-state index contributed by atoms with van der Waals surface area (Å²) >= 11 is 0. The van der Waals surface area contributed by atoms with Crippen LogP contribution in [0.15, 0.2) is 30.3 Å². The highest BCUT2D eigenvalue weighted by molar-refractivity contribution is 5.16. The monoisotopic (exact) mass is 285 g/mol. The minimum absolute atomic E-state index is 0.718. The van der Waals surface area contributed by atoms with Crippen LogP contribution < -0.4 is 5.32 Å². The first-order chi connectivity index (χ1) is 10.3. The van der Waals surface area contributed by atoms with Crippen molar-refractivity contribution in [1.29, 1.82) is 0 Å². The Kier molecular flexibility index (Phi) is 3.74. The lowest BCUT2D eigenvalue weighted by Gasteiger charge is -2.41. The Morgan fingerprint density at radius 2 is 1.90 bits per heavy atom. The Hall–Kier alpha value is -0.900. The Bertz CT molecular complexity index is 467. The summed E-state index contributed by atoms with van der Waals surface area (Å²) in [4.78, 5) is 5.51. The van der Waals surface area contributed by atoms with Crippen LogP contribution in [0.3, 0.4) is 0 Å². The fourth-order valence-electron chi connectivity index (χ4n) is 4.51. The molecule has 1 aromatic rings. The van der Waals surface area contributed by atoms with Crippen LogP contribution in [-0.2, 0) is 6.54 Å². The third kappa shape index (κ3) is 2.75. The van der Waals surface area contributed by atoms with Crippen molar-refractivity contribution in [2.24, 2.45) is 0 Å². The molecule has 3 fully saturated rings. The average Bonchev–Trinajstić information content (AvgIpc) is 3.09. The molecule has 4 rings (SSSR count). The third-order valence-corrected chi connectivity index (χ3v) is 5.73. The van der Waals surface area contributed by atoms with Gasteiger partial charge in [0.25, 0.3) is 0 Å². The maximum atomic E-state index is 3.66. The molecular formula is C18H27N3. The predicted octanol–water partition coefficient (Wildman–Crippen LogP) is 2.09. The zero-order chi connectivity index (χ0) is 14.2. The molecule has 0 radical (unpaired) electrons. The highest BCUT2D eigenvalue weighted by Gasteiger charge is 2.45. The number of nitrogens with zero attached hydrogens (tertiary/aromatic N) is 2. The molecule has 3 saturated heterocycles. The molecule has 1 aromatic carbocycles. The molecule has 0 amide bonds. The summed E-state index contributed by atoms with van der Waals surface area (Å²) in [7, 11) is 0. The van der Waals surface area contributed by atoms with E-state index < -0.39 is 0 Å². The summed E-state index contributed by atoms with van der Waals surface area (Å²) in [5, 5.41) is 3.66. The van der Waals surface area contributed by atoms with Gasteiger partial charge in [0.05, 0.1) is 0 Å². The van der Waals surface area contributed by atoms with Crippen molar-refractivity contribution in [2.75, 3.05) is 19.6 Å². The number of benzene rings is 1. The molecule has 1 N–H and O–H groups in total. The molecule has 3 aliphatic rings. The standard InChI is InChI=1S/C18H27N3/c1-14-7-8-16(10-19-14)21-13-17-9-18(21)12-20(17)11-15-5-3-2-4-6-15/h2-6,14,16-19H,7-13H2,1H3. The van der Waals surface area contributed by atoms with E-state index in [1.807, 2.05) is 0 Å². The number of piperazine rings is 1. The Labute approximate surface area is 128 Å². The van der Waals surface area contributed by atoms with E-state index in [1.54, 1.807) is 0 Å². The summed E-state index contributed by atoms with van der Waals surface area (Å²) in [6.45, 7) is 7.21.